The molecule has 2 heterocycles. The van der Waals surface area contributed by atoms with Gasteiger partial charge in [0, 0.05) is 25.4 Å². The normalized spacial score (nSPS) is 14.7. The molecule has 0 radical (unpaired) electrons. The maximum atomic E-state index is 13.2. The van der Waals surface area contributed by atoms with Crippen molar-refractivity contribution >= 4 is 23.2 Å². The molecule has 7 nitrogen and oxygen atoms in total. The fourth-order valence-electron chi connectivity index (χ4n) is 3.84. The van der Waals surface area contributed by atoms with E-state index in [0.717, 1.165) is 24.2 Å². The number of amides is 2. The molecule has 0 spiro atoms. The van der Waals surface area contributed by atoms with Gasteiger partial charge in [0.1, 0.15) is 15.6 Å². The van der Waals surface area contributed by atoms with Gasteiger partial charge in [0.05, 0.1) is 34.8 Å². The molecular formula is C25H23F6N5O2S. The van der Waals surface area contributed by atoms with E-state index in [1.165, 1.54) is 19.3 Å². The Hall–Kier alpha value is -3.55. The van der Waals surface area contributed by atoms with Gasteiger partial charge in [-0.25, -0.2) is 9.97 Å². The molecule has 1 unspecified atom stereocenters. The van der Waals surface area contributed by atoms with Crippen LogP contribution in [0.25, 0.3) is 10.7 Å². The van der Waals surface area contributed by atoms with Gasteiger partial charge in [-0.3, -0.25) is 14.6 Å². The summed E-state index contributed by atoms with van der Waals surface area (Å²) in [4.78, 5) is 40.6. The van der Waals surface area contributed by atoms with Crippen molar-refractivity contribution in [3.63, 3.8) is 0 Å². The minimum absolute atomic E-state index is 0.0479. The van der Waals surface area contributed by atoms with Gasteiger partial charge in [-0.1, -0.05) is 0 Å². The van der Waals surface area contributed by atoms with Crippen molar-refractivity contribution in [3.8, 4) is 10.7 Å². The third kappa shape index (κ3) is 6.72. The van der Waals surface area contributed by atoms with Crippen molar-refractivity contribution in [3.05, 3.63) is 63.5 Å². The van der Waals surface area contributed by atoms with E-state index in [1.54, 1.807) is 18.9 Å². The molecule has 4 rings (SSSR count). The predicted octanol–water partition coefficient (Wildman–Crippen LogP) is 5.92. The van der Waals surface area contributed by atoms with Gasteiger partial charge in [0.25, 0.3) is 11.8 Å². The number of thiazole rings is 1. The van der Waals surface area contributed by atoms with Gasteiger partial charge >= 0.3 is 12.4 Å². The Balaban J connectivity index is 1.61. The lowest BCUT2D eigenvalue weighted by Gasteiger charge is -2.18. The number of aryl methyl sites for hydroxylation is 1. The lowest BCUT2D eigenvalue weighted by atomic mass is 10.0. The third-order valence-corrected chi connectivity index (χ3v) is 7.01. The molecule has 1 aliphatic rings. The number of rotatable bonds is 7. The standard InChI is InChI=1S/C25H23F6N5O2S/c1-12-9-32-20(22-33-10-18(39-22)23(38)36(3)11-14-4-5-14)19(34-12)13(2)35-21(37)15-6-16(24(26,27)28)8-17(7-15)25(29,30)31/h6-10,13-14H,4-5,11H2,1-3H3,(H,35,37). The summed E-state index contributed by atoms with van der Waals surface area (Å²) in [5.41, 5.74) is -3.15. The highest BCUT2D eigenvalue weighted by molar-refractivity contribution is 7.16. The van der Waals surface area contributed by atoms with Gasteiger partial charge in [0.2, 0.25) is 0 Å². The zero-order chi connectivity index (χ0) is 28.7. The number of benzene rings is 1. The average Bonchev–Trinajstić information content (AvgIpc) is 3.53. The predicted molar refractivity (Wildman–Crippen MR) is 130 cm³/mol. The van der Waals surface area contributed by atoms with Gasteiger partial charge in [0.15, 0.2) is 0 Å². The molecule has 1 fully saturated rings. The molecule has 208 valence electrons. The molecule has 2 aromatic heterocycles. The Morgan fingerprint density at radius 2 is 1.67 bits per heavy atom. The van der Waals surface area contributed by atoms with E-state index < -0.39 is 41.0 Å². The Labute approximate surface area is 223 Å². The summed E-state index contributed by atoms with van der Waals surface area (Å²) in [6, 6.07) is -0.314. The SMILES string of the molecule is Cc1cnc(-c2ncc(C(=O)N(C)CC3CC3)s2)c(C(C)NC(=O)c2cc(C(F)(F)F)cc(C(F)(F)F)c2)n1. The minimum atomic E-state index is -5.09. The zero-order valence-electron chi connectivity index (χ0n) is 20.9. The number of hydrogen-bond donors (Lipinski definition) is 1. The van der Waals surface area contributed by atoms with Gasteiger partial charge in [-0.2, -0.15) is 26.3 Å². The van der Waals surface area contributed by atoms with Crippen LogP contribution in [-0.2, 0) is 12.4 Å². The van der Waals surface area contributed by atoms with E-state index >= 15 is 0 Å². The molecule has 1 atom stereocenters. The first-order valence-electron chi connectivity index (χ1n) is 11.8. The Bertz CT molecular complexity index is 1370. The second-order valence-corrected chi connectivity index (χ2v) is 10.4. The number of carbonyl (C=O) groups excluding carboxylic acids is 2. The largest absolute Gasteiger partial charge is 0.416 e. The minimum Gasteiger partial charge on any atom is -0.344 e. The van der Waals surface area contributed by atoms with Gasteiger partial charge < -0.3 is 10.2 Å². The van der Waals surface area contributed by atoms with Crippen LogP contribution >= 0.6 is 11.3 Å². The Morgan fingerprint density at radius 1 is 1.05 bits per heavy atom. The summed E-state index contributed by atoms with van der Waals surface area (Å²) in [5, 5.41) is 2.73. The number of aromatic nitrogens is 3. The van der Waals surface area contributed by atoms with E-state index in [9.17, 15) is 35.9 Å². The Morgan fingerprint density at radius 3 is 2.23 bits per heavy atom. The van der Waals surface area contributed by atoms with Crippen LogP contribution in [-0.4, -0.2) is 45.3 Å². The fourth-order valence-corrected chi connectivity index (χ4v) is 4.75. The van der Waals surface area contributed by atoms with Crippen molar-refractivity contribution in [2.45, 2.75) is 45.1 Å². The second-order valence-electron chi connectivity index (χ2n) is 9.39. The topological polar surface area (TPSA) is 88.1 Å². The smallest absolute Gasteiger partial charge is 0.344 e. The second kappa shape index (κ2) is 10.5. The average molecular weight is 572 g/mol. The van der Waals surface area contributed by atoms with Crippen molar-refractivity contribution < 1.29 is 35.9 Å². The van der Waals surface area contributed by atoms with E-state index in [1.807, 2.05) is 0 Å². The van der Waals surface area contributed by atoms with Crippen LogP contribution in [0.5, 0.6) is 0 Å². The molecule has 0 saturated heterocycles. The molecule has 1 aliphatic carbocycles. The van der Waals surface area contributed by atoms with Crippen molar-refractivity contribution in [2.24, 2.45) is 5.92 Å². The van der Waals surface area contributed by atoms with Crippen LogP contribution < -0.4 is 5.32 Å². The molecule has 39 heavy (non-hydrogen) atoms. The highest BCUT2D eigenvalue weighted by atomic mass is 32.1. The fraction of sp³-hybridized carbons (Fsp3) is 0.400. The van der Waals surface area contributed by atoms with E-state index in [-0.39, 0.29) is 23.4 Å². The molecule has 1 aromatic carbocycles. The molecule has 14 heteroatoms. The number of nitrogens with zero attached hydrogens (tertiary/aromatic N) is 4. The molecule has 1 N–H and O–H groups in total. The molecule has 1 saturated carbocycles. The Kier molecular flexibility index (Phi) is 7.70. The summed E-state index contributed by atoms with van der Waals surface area (Å²) in [6.45, 7) is 3.73. The van der Waals surface area contributed by atoms with Crippen molar-refractivity contribution in [1.29, 1.82) is 0 Å². The molecular weight excluding hydrogens is 548 g/mol. The van der Waals surface area contributed by atoms with E-state index in [2.05, 4.69) is 20.3 Å². The summed E-state index contributed by atoms with van der Waals surface area (Å²) < 4.78 is 79.4. The lowest BCUT2D eigenvalue weighted by Crippen LogP contribution is -2.29. The lowest BCUT2D eigenvalue weighted by molar-refractivity contribution is -0.143. The van der Waals surface area contributed by atoms with Gasteiger partial charge in [-0.05, 0) is 50.8 Å². The highest BCUT2D eigenvalue weighted by Crippen LogP contribution is 2.37. The van der Waals surface area contributed by atoms with Gasteiger partial charge in [-0.15, -0.1) is 11.3 Å². The van der Waals surface area contributed by atoms with Crippen molar-refractivity contribution in [1.82, 2.24) is 25.2 Å². The van der Waals surface area contributed by atoms with Crippen LogP contribution in [0.4, 0.5) is 26.3 Å². The highest BCUT2D eigenvalue weighted by Gasteiger charge is 2.37. The summed E-state index contributed by atoms with van der Waals surface area (Å²) >= 11 is 1.06. The number of alkyl halides is 6. The monoisotopic (exact) mass is 571 g/mol. The first kappa shape index (κ1) is 28.5. The zero-order valence-corrected chi connectivity index (χ0v) is 21.8. The summed E-state index contributed by atoms with van der Waals surface area (Å²) in [6.07, 6.45) is -5.18. The number of carbonyl (C=O) groups is 2. The van der Waals surface area contributed by atoms with E-state index in [4.69, 9.17) is 0 Å². The molecule has 0 aliphatic heterocycles. The van der Waals surface area contributed by atoms with Crippen LogP contribution in [0, 0.1) is 12.8 Å². The third-order valence-electron chi connectivity index (χ3n) is 6.02. The molecule has 2 amide bonds. The maximum Gasteiger partial charge on any atom is 0.416 e. The first-order valence-corrected chi connectivity index (χ1v) is 12.6. The number of nitrogens with one attached hydrogen (secondary N) is 1. The quantitative estimate of drug-likeness (QED) is 0.356. The van der Waals surface area contributed by atoms with Crippen LogP contribution in [0.1, 0.15) is 68.4 Å². The van der Waals surface area contributed by atoms with Crippen molar-refractivity contribution in [2.75, 3.05) is 13.6 Å². The summed E-state index contributed by atoms with van der Waals surface area (Å²) in [7, 11) is 1.70. The maximum absolute atomic E-state index is 13.2. The van der Waals surface area contributed by atoms with Crippen LogP contribution in [0.15, 0.2) is 30.6 Å². The summed E-state index contributed by atoms with van der Waals surface area (Å²) in [5.74, 6) is -0.877. The molecule has 0 bridgehead atoms. The van der Waals surface area contributed by atoms with Crippen LogP contribution in [0.2, 0.25) is 0 Å². The van der Waals surface area contributed by atoms with Crippen LogP contribution in [0.3, 0.4) is 0 Å². The first-order chi connectivity index (χ1) is 18.1. The number of hydrogen-bond acceptors (Lipinski definition) is 6. The molecule has 3 aromatic rings. The number of halogens is 6. The van der Waals surface area contributed by atoms with E-state index in [0.29, 0.717) is 40.2 Å².